The molecule has 9 atom stereocenters. The third-order valence-corrected chi connectivity index (χ3v) is 9.51. The second-order valence-electron chi connectivity index (χ2n) is 10.3. The van der Waals surface area contributed by atoms with Crippen molar-refractivity contribution >= 4 is 5.97 Å². The third kappa shape index (κ3) is 1.41. The van der Waals surface area contributed by atoms with Gasteiger partial charge in [-0.15, -0.1) is 0 Å². The van der Waals surface area contributed by atoms with Gasteiger partial charge in [0, 0.05) is 5.41 Å². The average Bonchev–Trinajstić information content (AvgIpc) is 2.84. The fourth-order valence-corrected chi connectivity index (χ4v) is 8.65. The van der Waals surface area contributed by atoms with E-state index < -0.39 is 11.4 Å². The van der Waals surface area contributed by atoms with E-state index in [1.807, 2.05) is 6.92 Å². The van der Waals surface area contributed by atoms with E-state index in [0.29, 0.717) is 11.8 Å². The molecule has 0 aromatic heterocycles. The zero-order valence-corrected chi connectivity index (χ0v) is 15.0. The Labute approximate surface area is 144 Å². The van der Waals surface area contributed by atoms with E-state index >= 15 is 0 Å². The summed E-state index contributed by atoms with van der Waals surface area (Å²) < 4.78 is 6.46. The molecule has 2 heterocycles. The zero-order valence-electron chi connectivity index (χ0n) is 15.0. The minimum atomic E-state index is -0.630. The van der Waals surface area contributed by atoms with E-state index in [0.717, 1.165) is 44.9 Å². The zero-order chi connectivity index (χ0) is 17.1. The molecular formula is C20H30O4. The predicted octanol–water partition coefficient (Wildman–Crippen LogP) is 3.22. The molecule has 2 aliphatic heterocycles. The summed E-state index contributed by atoms with van der Waals surface area (Å²) in [7, 11) is 0. The lowest BCUT2D eigenvalue weighted by molar-refractivity contribution is -0.271. The van der Waals surface area contributed by atoms with Crippen LogP contribution in [0.5, 0.6) is 0 Å². The van der Waals surface area contributed by atoms with Crippen molar-refractivity contribution in [2.24, 2.45) is 34.0 Å². The van der Waals surface area contributed by atoms with E-state index in [9.17, 15) is 15.0 Å². The second kappa shape index (κ2) is 4.20. The number of carboxylic acid groups (broad SMARTS) is 1. The van der Waals surface area contributed by atoms with Gasteiger partial charge in [-0.3, -0.25) is 4.79 Å². The van der Waals surface area contributed by atoms with E-state index in [4.69, 9.17) is 4.74 Å². The first-order valence-electron chi connectivity index (χ1n) is 9.78. The highest BCUT2D eigenvalue weighted by Crippen LogP contribution is 2.76. The molecule has 4 saturated carbocycles. The van der Waals surface area contributed by atoms with Crippen molar-refractivity contribution in [3.63, 3.8) is 0 Å². The average molecular weight is 334 g/mol. The van der Waals surface area contributed by atoms with Gasteiger partial charge in [0.1, 0.15) is 0 Å². The fourth-order valence-electron chi connectivity index (χ4n) is 8.65. The fraction of sp³-hybridized carbons (Fsp3) is 0.950. The molecule has 0 aromatic rings. The molecule has 4 aliphatic carbocycles. The van der Waals surface area contributed by atoms with Crippen molar-refractivity contribution in [2.45, 2.75) is 83.5 Å². The minimum absolute atomic E-state index is 0.0219. The molecular weight excluding hydrogens is 304 g/mol. The van der Waals surface area contributed by atoms with Crippen LogP contribution in [0.1, 0.15) is 65.7 Å². The Bertz CT molecular complexity index is 619. The molecule has 0 unspecified atom stereocenters. The van der Waals surface area contributed by atoms with Crippen molar-refractivity contribution in [1.29, 1.82) is 0 Å². The first-order valence-corrected chi connectivity index (χ1v) is 9.78. The van der Waals surface area contributed by atoms with Gasteiger partial charge in [-0.05, 0) is 75.5 Å². The standard InChI is InChI=1S/C20H30O4/c1-17-6-4-7-18(2,16(22)23)13(17)5-8-20-10-11-9-12(14(17)20)24-19(11,3)15(20)21/h11-15,21H,4-10H2,1-3H3,(H,22,23)/t11-,12+,13+,14+,15+,17-,18-,19-,20-/m1/s1. The maximum atomic E-state index is 12.1. The highest BCUT2D eigenvalue weighted by Gasteiger charge is 2.78. The monoisotopic (exact) mass is 334 g/mol. The topological polar surface area (TPSA) is 66.8 Å². The normalized spacial score (nSPS) is 63.9. The molecule has 24 heavy (non-hydrogen) atoms. The van der Waals surface area contributed by atoms with Gasteiger partial charge in [0.15, 0.2) is 0 Å². The Kier molecular flexibility index (Phi) is 2.73. The number of aliphatic hydroxyl groups excluding tert-OH is 1. The van der Waals surface area contributed by atoms with Crippen molar-refractivity contribution in [2.75, 3.05) is 0 Å². The smallest absolute Gasteiger partial charge is 0.309 e. The van der Waals surface area contributed by atoms with Gasteiger partial charge < -0.3 is 14.9 Å². The highest BCUT2D eigenvalue weighted by atomic mass is 16.5. The maximum Gasteiger partial charge on any atom is 0.309 e. The molecule has 4 heteroatoms. The Morgan fingerprint density at radius 2 is 1.92 bits per heavy atom. The number of fused-ring (bicyclic) bond motifs is 1. The molecule has 0 amide bonds. The lowest BCUT2D eigenvalue weighted by Gasteiger charge is -2.66. The van der Waals surface area contributed by atoms with Crippen LogP contribution >= 0.6 is 0 Å². The van der Waals surface area contributed by atoms with Crippen LogP contribution in [-0.2, 0) is 9.53 Å². The molecule has 1 spiro atoms. The quantitative estimate of drug-likeness (QED) is 0.773. The number of carboxylic acids is 1. The van der Waals surface area contributed by atoms with Crippen molar-refractivity contribution in [1.82, 2.24) is 0 Å². The van der Waals surface area contributed by atoms with Crippen molar-refractivity contribution in [3.05, 3.63) is 0 Å². The van der Waals surface area contributed by atoms with E-state index in [-0.39, 0.29) is 34.6 Å². The van der Waals surface area contributed by atoms with Gasteiger partial charge in [-0.25, -0.2) is 0 Å². The molecule has 6 aliphatic rings. The number of hydrogen-bond donors (Lipinski definition) is 2. The van der Waals surface area contributed by atoms with E-state index in [1.54, 1.807) is 0 Å². The van der Waals surface area contributed by atoms with Crippen LogP contribution in [-0.4, -0.2) is 34.0 Å². The Balaban J connectivity index is 1.63. The summed E-state index contributed by atoms with van der Waals surface area (Å²) in [6.45, 7) is 6.41. The summed E-state index contributed by atoms with van der Waals surface area (Å²) in [5.41, 5.74) is -1.02. The summed E-state index contributed by atoms with van der Waals surface area (Å²) in [6.07, 6.45) is 6.76. The van der Waals surface area contributed by atoms with E-state index in [1.165, 1.54) is 0 Å². The third-order valence-electron chi connectivity index (χ3n) is 9.51. The number of carbonyl (C=O) groups is 1. The lowest BCUT2D eigenvalue weighted by atomic mass is 9.40. The molecule has 6 rings (SSSR count). The summed E-state index contributed by atoms with van der Waals surface area (Å²) in [5.74, 6) is 0.383. The summed E-state index contributed by atoms with van der Waals surface area (Å²) in [5, 5.41) is 21.2. The van der Waals surface area contributed by atoms with Crippen LogP contribution in [0.2, 0.25) is 0 Å². The lowest BCUT2D eigenvalue weighted by Crippen LogP contribution is -2.66. The number of aliphatic hydroxyl groups is 1. The Hall–Kier alpha value is -0.610. The van der Waals surface area contributed by atoms with Crippen molar-refractivity contribution < 1.29 is 19.7 Å². The summed E-state index contributed by atoms with van der Waals surface area (Å²) in [6, 6.07) is 0. The minimum Gasteiger partial charge on any atom is -0.481 e. The van der Waals surface area contributed by atoms with Gasteiger partial charge in [-0.1, -0.05) is 13.3 Å². The van der Waals surface area contributed by atoms with Gasteiger partial charge in [0.2, 0.25) is 0 Å². The van der Waals surface area contributed by atoms with Crippen LogP contribution in [0.25, 0.3) is 0 Å². The number of hydrogen-bond acceptors (Lipinski definition) is 3. The van der Waals surface area contributed by atoms with Crippen molar-refractivity contribution in [3.8, 4) is 0 Å². The predicted molar refractivity (Wildman–Crippen MR) is 88.4 cm³/mol. The Morgan fingerprint density at radius 3 is 2.58 bits per heavy atom. The van der Waals surface area contributed by atoms with Crippen LogP contribution < -0.4 is 0 Å². The largest absolute Gasteiger partial charge is 0.481 e. The number of ether oxygens (including phenoxy) is 1. The second-order valence-corrected chi connectivity index (χ2v) is 10.3. The van der Waals surface area contributed by atoms with Gasteiger partial charge >= 0.3 is 5.97 Å². The molecule has 4 nitrogen and oxygen atoms in total. The first kappa shape index (κ1) is 15.6. The van der Waals surface area contributed by atoms with Gasteiger partial charge in [-0.2, -0.15) is 0 Å². The number of rotatable bonds is 1. The molecule has 4 bridgehead atoms. The maximum absolute atomic E-state index is 12.1. The summed E-state index contributed by atoms with van der Waals surface area (Å²) >= 11 is 0. The molecule has 0 radical (unpaired) electrons. The first-order chi connectivity index (χ1) is 11.2. The summed E-state index contributed by atoms with van der Waals surface area (Å²) in [4.78, 5) is 12.1. The molecule has 2 saturated heterocycles. The molecule has 134 valence electrons. The van der Waals surface area contributed by atoms with Crippen LogP contribution in [0, 0.1) is 34.0 Å². The van der Waals surface area contributed by atoms with Gasteiger partial charge in [0.05, 0.1) is 23.2 Å². The van der Waals surface area contributed by atoms with Gasteiger partial charge in [0.25, 0.3) is 0 Å². The molecule has 6 fully saturated rings. The SMILES string of the molecule is C[C@@]12CCC[C@@](C)(C(=O)O)[C@H]1CC[C@]13C[C@H]4C[C@H](O[C@@]4(C)[C@@H]1O)[C@@H]23. The van der Waals surface area contributed by atoms with E-state index in [2.05, 4.69) is 13.8 Å². The highest BCUT2D eigenvalue weighted by molar-refractivity contribution is 5.75. The number of aliphatic carboxylic acids is 1. The molecule has 2 N–H and O–H groups in total. The van der Waals surface area contributed by atoms with Crippen LogP contribution in [0.15, 0.2) is 0 Å². The molecule has 0 aromatic carbocycles. The van der Waals surface area contributed by atoms with Crippen LogP contribution in [0.3, 0.4) is 0 Å². The Morgan fingerprint density at radius 1 is 1.17 bits per heavy atom. The van der Waals surface area contributed by atoms with Crippen LogP contribution in [0.4, 0.5) is 0 Å².